The molecule has 0 saturated carbocycles. The van der Waals surface area contributed by atoms with Crippen LogP contribution in [-0.4, -0.2) is 29.9 Å². The Morgan fingerprint density at radius 2 is 1.95 bits per heavy atom. The van der Waals surface area contributed by atoms with E-state index in [1.807, 2.05) is 37.3 Å². The minimum absolute atomic E-state index is 0.133. The van der Waals surface area contributed by atoms with Gasteiger partial charge in [0, 0.05) is 19.1 Å². The van der Waals surface area contributed by atoms with Gasteiger partial charge in [-0.25, -0.2) is 4.98 Å². The van der Waals surface area contributed by atoms with E-state index in [-0.39, 0.29) is 11.9 Å². The molecule has 110 valence electrons. The molecule has 0 spiro atoms. The molecule has 0 fully saturated rings. The van der Waals surface area contributed by atoms with E-state index in [0.717, 1.165) is 5.56 Å². The van der Waals surface area contributed by atoms with E-state index in [9.17, 15) is 4.79 Å². The topological polar surface area (TPSA) is 45.2 Å². The highest BCUT2D eigenvalue weighted by molar-refractivity contribution is 6.31. The number of halogens is 1. The molecule has 0 aliphatic carbocycles. The van der Waals surface area contributed by atoms with Gasteiger partial charge in [-0.1, -0.05) is 35.9 Å². The monoisotopic (exact) mass is 303 g/mol. The number of hydrogen-bond donors (Lipinski definition) is 1. The van der Waals surface area contributed by atoms with Crippen LogP contribution < -0.4 is 5.32 Å². The normalized spacial score (nSPS) is 11.8. The summed E-state index contributed by atoms with van der Waals surface area (Å²) in [5.41, 5.74) is 1.32. The standard InChI is InChI=1S/C16H18ClN3O/c1-11(12-7-4-5-8-13(12)17)20(3)16(21)14-9-6-10-15(18-2)19-14/h4-11H,1-3H3,(H,18,19). The molecule has 2 aromatic rings. The molecule has 2 rings (SSSR count). The molecule has 1 heterocycles. The molecule has 0 aliphatic rings. The van der Waals surface area contributed by atoms with Crippen LogP contribution in [0.1, 0.15) is 29.0 Å². The van der Waals surface area contributed by atoms with Crippen molar-refractivity contribution < 1.29 is 4.79 Å². The van der Waals surface area contributed by atoms with Crippen LogP contribution in [0.5, 0.6) is 0 Å². The molecule has 5 heteroatoms. The van der Waals surface area contributed by atoms with Crippen molar-refractivity contribution in [3.63, 3.8) is 0 Å². The number of rotatable bonds is 4. The van der Waals surface area contributed by atoms with Crippen molar-refractivity contribution in [1.82, 2.24) is 9.88 Å². The number of pyridine rings is 1. The molecular weight excluding hydrogens is 286 g/mol. The first-order chi connectivity index (χ1) is 10.0. The second-order valence-corrected chi connectivity index (χ2v) is 5.18. The number of anilines is 1. The highest BCUT2D eigenvalue weighted by Crippen LogP contribution is 2.27. The van der Waals surface area contributed by atoms with Crippen molar-refractivity contribution in [3.8, 4) is 0 Å². The van der Waals surface area contributed by atoms with Crippen molar-refractivity contribution in [3.05, 3.63) is 58.7 Å². The second-order valence-electron chi connectivity index (χ2n) is 4.77. The second kappa shape index (κ2) is 6.59. The number of aromatic nitrogens is 1. The average molecular weight is 304 g/mol. The van der Waals surface area contributed by atoms with Crippen LogP contribution in [0.4, 0.5) is 5.82 Å². The lowest BCUT2D eigenvalue weighted by Gasteiger charge is -2.25. The van der Waals surface area contributed by atoms with Gasteiger partial charge in [0.05, 0.1) is 6.04 Å². The number of amides is 1. The summed E-state index contributed by atoms with van der Waals surface area (Å²) in [6.45, 7) is 1.95. The fourth-order valence-corrected chi connectivity index (χ4v) is 2.37. The van der Waals surface area contributed by atoms with Crippen LogP contribution in [0.25, 0.3) is 0 Å². The lowest BCUT2D eigenvalue weighted by molar-refractivity contribution is 0.0737. The molecule has 0 saturated heterocycles. The van der Waals surface area contributed by atoms with Gasteiger partial charge >= 0.3 is 0 Å². The third-order valence-corrected chi connectivity index (χ3v) is 3.83. The fourth-order valence-electron chi connectivity index (χ4n) is 2.07. The summed E-state index contributed by atoms with van der Waals surface area (Å²) >= 11 is 6.20. The summed E-state index contributed by atoms with van der Waals surface area (Å²) in [4.78, 5) is 18.4. The van der Waals surface area contributed by atoms with Crippen molar-refractivity contribution in [2.75, 3.05) is 19.4 Å². The number of hydrogen-bond acceptors (Lipinski definition) is 3. The Bertz CT molecular complexity index is 645. The average Bonchev–Trinajstić information content (AvgIpc) is 2.53. The number of nitrogens with one attached hydrogen (secondary N) is 1. The summed E-state index contributed by atoms with van der Waals surface area (Å²) in [7, 11) is 3.52. The molecule has 1 aromatic carbocycles. The molecule has 1 aromatic heterocycles. The minimum atomic E-state index is -0.139. The zero-order chi connectivity index (χ0) is 15.4. The molecule has 0 aliphatic heterocycles. The number of benzene rings is 1. The van der Waals surface area contributed by atoms with Gasteiger partial charge in [0.2, 0.25) is 0 Å². The summed E-state index contributed by atoms with van der Waals surface area (Å²) in [6, 6.07) is 12.7. The van der Waals surface area contributed by atoms with Crippen molar-refractivity contribution in [1.29, 1.82) is 0 Å². The van der Waals surface area contributed by atoms with Gasteiger partial charge in [-0.3, -0.25) is 4.79 Å². The van der Waals surface area contributed by atoms with Crippen molar-refractivity contribution in [2.45, 2.75) is 13.0 Å². The quantitative estimate of drug-likeness (QED) is 0.938. The van der Waals surface area contributed by atoms with Crippen LogP contribution in [0, 0.1) is 0 Å². The molecule has 0 bridgehead atoms. The van der Waals surface area contributed by atoms with Gasteiger partial charge in [-0.2, -0.15) is 0 Å². The Balaban J connectivity index is 2.24. The summed E-state index contributed by atoms with van der Waals surface area (Å²) in [5, 5.41) is 3.58. The maximum absolute atomic E-state index is 12.5. The molecule has 21 heavy (non-hydrogen) atoms. The van der Waals surface area contributed by atoms with Gasteiger partial charge in [-0.05, 0) is 30.7 Å². The molecule has 1 N–H and O–H groups in total. The first-order valence-corrected chi connectivity index (χ1v) is 7.08. The van der Waals surface area contributed by atoms with Crippen LogP contribution in [0.3, 0.4) is 0 Å². The smallest absolute Gasteiger partial charge is 0.272 e. The number of nitrogens with zero attached hydrogens (tertiary/aromatic N) is 2. The lowest BCUT2D eigenvalue weighted by atomic mass is 10.1. The van der Waals surface area contributed by atoms with Crippen LogP contribution in [-0.2, 0) is 0 Å². The van der Waals surface area contributed by atoms with E-state index in [1.54, 1.807) is 31.1 Å². The zero-order valence-electron chi connectivity index (χ0n) is 12.3. The third kappa shape index (κ3) is 3.34. The third-order valence-electron chi connectivity index (χ3n) is 3.48. The molecule has 0 radical (unpaired) electrons. The van der Waals surface area contributed by atoms with Gasteiger partial charge in [-0.15, -0.1) is 0 Å². The molecule has 1 unspecified atom stereocenters. The Kier molecular flexibility index (Phi) is 4.81. The van der Waals surface area contributed by atoms with E-state index in [0.29, 0.717) is 16.5 Å². The largest absolute Gasteiger partial charge is 0.373 e. The summed E-state index contributed by atoms with van der Waals surface area (Å²) < 4.78 is 0. The molecule has 1 atom stereocenters. The molecular formula is C16H18ClN3O. The number of carbonyl (C=O) groups is 1. The first-order valence-electron chi connectivity index (χ1n) is 6.71. The highest BCUT2D eigenvalue weighted by Gasteiger charge is 2.21. The van der Waals surface area contributed by atoms with E-state index < -0.39 is 0 Å². The SMILES string of the molecule is CNc1cccc(C(=O)N(C)C(C)c2ccccc2Cl)n1. The predicted molar refractivity (Wildman–Crippen MR) is 85.7 cm³/mol. The summed E-state index contributed by atoms with van der Waals surface area (Å²) in [5.74, 6) is 0.527. The highest BCUT2D eigenvalue weighted by atomic mass is 35.5. The number of carbonyl (C=O) groups excluding carboxylic acids is 1. The molecule has 1 amide bonds. The maximum atomic E-state index is 12.5. The predicted octanol–water partition coefficient (Wildman–Crippen LogP) is 3.61. The fraction of sp³-hybridized carbons (Fsp3) is 0.250. The van der Waals surface area contributed by atoms with E-state index in [2.05, 4.69) is 10.3 Å². The summed E-state index contributed by atoms with van der Waals surface area (Å²) in [6.07, 6.45) is 0. The minimum Gasteiger partial charge on any atom is -0.373 e. The lowest BCUT2D eigenvalue weighted by Crippen LogP contribution is -2.30. The van der Waals surface area contributed by atoms with E-state index in [4.69, 9.17) is 11.6 Å². The first kappa shape index (κ1) is 15.3. The van der Waals surface area contributed by atoms with Crippen LogP contribution in [0.2, 0.25) is 5.02 Å². The Morgan fingerprint density at radius 1 is 1.24 bits per heavy atom. The zero-order valence-corrected chi connectivity index (χ0v) is 13.1. The van der Waals surface area contributed by atoms with Gasteiger partial charge in [0.25, 0.3) is 5.91 Å². The maximum Gasteiger partial charge on any atom is 0.272 e. The van der Waals surface area contributed by atoms with Gasteiger partial charge < -0.3 is 10.2 Å². The van der Waals surface area contributed by atoms with Crippen molar-refractivity contribution >= 4 is 23.3 Å². The Labute approximate surface area is 129 Å². The molecule has 4 nitrogen and oxygen atoms in total. The van der Waals surface area contributed by atoms with E-state index in [1.165, 1.54) is 0 Å². The van der Waals surface area contributed by atoms with Gasteiger partial charge in [0.15, 0.2) is 0 Å². The Morgan fingerprint density at radius 3 is 2.62 bits per heavy atom. The van der Waals surface area contributed by atoms with Crippen molar-refractivity contribution in [2.24, 2.45) is 0 Å². The van der Waals surface area contributed by atoms with Crippen LogP contribution >= 0.6 is 11.6 Å². The Hall–Kier alpha value is -2.07. The van der Waals surface area contributed by atoms with E-state index >= 15 is 0 Å². The van der Waals surface area contributed by atoms with Gasteiger partial charge in [0.1, 0.15) is 11.5 Å². The van der Waals surface area contributed by atoms with Crippen LogP contribution in [0.15, 0.2) is 42.5 Å².